The molecule has 0 spiro atoms. The average Bonchev–Trinajstić information content (AvgIpc) is 2.59. The summed E-state index contributed by atoms with van der Waals surface area (Å²) < 4.78 is 27.0. The summed E-state index contributed by atoms with van der Waals surface area (Å²) in [6.07, 6.45) is 2.66. The van der Waals surface area contributed by atoms with Gasteiger partial charge in [0.1, 0.15) is 5.69 Å². The van der Waals surface area contributed by atoms with Crippen molar-refractivity contribution in [2.24, 2.45) is 5.41 Å². The lowest BCUT2D eigenvalue weighted by Crippen LogP contribution is -3.07. The van der Waals surface area contributed by atoms with Crippen LogP contribution in [0.5, 0.6) is 0 Å². The zero-order valence-electron chi connectivity index (χ0n) is 16.6. The number of nitrogens with zero attached hydrogens (tertiary/aromatic N) is 2. The van der Waals surface area contributed by atoms with Gasteiger partial charge < -0.3 is 10.2 Å². The fraction of sp³-hybridized carbons (Fsp3) is 0.667. The zero-order valence-corrected chi connectivity index (χ0v) is 17.4. The van der Waals surface area contributed by atoms with E-state index in [1.165, 1.54) is 27.4 Å². The van der Waals surface area contributed by atoms with Crippen molar-refractivity contribution < 1.29 is 18.2 Å². The van der Waals surface area contributed by atoms with Crippen molar-refractivity contribution in [3.05, 3.63) is 28.3 Å². The molecule has 2 N–H and O–H groups in total. The Hall–Kier alpha value is -1.71. The standard InChI is InChI=1S/C18H30N4O4S/c1-18(2,14-20(3)4)13-19-16-9-8-15(12-17(16)22(23)24)27(25,26)21-10-6-5-7-11-21/h8-9,12,19H,5-7,10-11,13-14H2,1-4H3/p+1. The third-order valence-electron chi connectivity index (χ3n) is 4.71. The van der Waals surface area contributed by atoms with E-state index >= 15 is 0 Å². The molecule has 1 aromatic carbocycles. The first-order valence-electron chi connectivity index (χ1n) is 9.34. The molecule has 0 bridgehead atoms. The third-order valence-corrected chi connectivity index (χ3v) is 6.60. The smallest absolute Gasteiger partial charge is 0.293 e. The highest BCUT2D eigenvalue weighted by Crippen LogP contribution is 2.30. The molecule has 0 amide bonds. The van der Waals surface area contributed by atoms with Crippen molar-refractivity contribution in [1.82, 2.24) is 4.31 Å². The Bertz CT molecular complexity index is 772. The molecule has 0 aliphatic carbocycles. The molecule has 27 heavy (non-hydrogen) atoms. The highest BCUT2D eigenvalue weighted by molar-refractivity contribution is 7.89. The van der Waals surface area contributed by atoms with Crippen LogP contribution in [0.25, 0.3) is 0 Å². The molecule has 1 aliphatic heterocycles. The van der Waals surface area contributed by atoms with Gasteiger partial charge in [-0.15, -0.1) is 0 Å². The van der Waals surface area contributed by atoms with Gasteiger partial charge in [-0.25, -0.2) is 8.42 Å². The molecule has 0 unspecified atom stereocenters. The highest BCUT2D eigenvalue weighted by Gasteiger charge is 2.29. The van der Waals surface area contributed by atoms with E-state index < -0.39 is 14.9 Å². The molecule has 1 saturated heterocycles. The third kappa shape index (κ3) is 5.63. The maximum absolute atomic E-state index is 12.8. The number of quaternary nitrogens is 1. The lowest BCUT2D eigenvalue weighted by atomic mass is 9.93. The van der Waals surface area contributed by atoms with Gasteiger partial charge in [0, 0.05) is 31.1 Å². The number of hydrogen-bond donors (Lipinski definition) is 2. The highest BCUT2D eigenvalue weighted by atomic mass is 32.2. The van der Waals surface area contributed by atoms with E-state index in [0.717, 1.165) is 25.8 Å². The number of piperidine rings is 1. The average molecular weight is 400 g/mol. The number of rotatable bonds is 8. The van der Waals surface area contributed by atoms with Crippen LogP contribution < -0.4 is 10.2 Å². The molecule has 0 radical (unpaired) electrons. The molecule has 0 saturated carbocycles. The van der Waals surface area contributed by atoms with Gasteiger partial charge in [-0.2, -0.15) is 4.31 Å². The zero-order chi connectivity index (χ0) is 20.2. The van der Waals surface area contributed by atoms with Gasteiger partial charge in [-0.1, -0.05) is 20.3 Å². The summed E-state index contributed by atoms with van der Waals surface area (Å²) in [5.74, 6) is 0. The first-order chi connectivity index (χ1) is 12.5. The van der Waals surface area contributed by atoms with Crippen LogP contribution in [0, 0.1) is 15.5 Å². The second-order valence-electron chi connectivity index (χ2n) is 8.30. The van der Waals surface area contributed by atoms with Crippen LogP contribution in [-0.4, -0.2) is 57.9 Å². The van der Waals surface area contributed by atoms with Crippen molar-refractivity contribution in [2.45, 2.75) is 38.0 Å². The van der Waals surface area contributed by atoms with Gasteiger partial charge in [0.25, 0.3) is 5.69 Å². The normalized spacial score (nSPS) is 16.5. The molecule has 1 fully saturated rings. The second-order valence-corrected chi connectivity index (χ2v) is 10.2. The Morgan fingerprint density at radius 3 is 2.41 bits per heavy atom. The maximum Gasteiger partial charge on any atom is 0.293 e. The van der Waals surface area contributed by atoms with Crippen LogP contribution in [-0.2, 0) is 10.0 Å². The van der Waals surface area contributed by atoms with Crippen molar-refractivity contribution in [2.75, 3.05) is 45.6 Å². The van der Waals surface area contributed by atoms with Crippen LogP contribution >= 0.6 is 0 Å². The van der Waals surface area contributed by atoms with E-state index in [-0.39, 0.29) is 16.0 Å². The van der Waals surface area contributed by atoms with E-state index in [0.29, 0.717) is 25.3 Å². The SMILES string of the molecule is C[NH+](C)CC(C)(C)CNc1ccc(S(=O)(=O)N2CCCCC2)cc1[N+](=O)[O-]. The Morgan fingerprint density at radius 1 is 1.22 bits per heavy atom. The topological polar surface area (TPSA) is 97.0 Å². The first-order valence-corrected chi connectivity index (χ1v) is 10.8. The fourth-order valence-electron chi connectivity index (χ4n) is 3.58. The number of nitro benzene ring substituents is 1. The summed E-state index contributed by atoms with van der Waals surface area (Å²) in [6, 6.07) is 4.15. The number of nitrogens with one attached hydrogen (secondary N) is 2. The monoisotopic (exact) mass is 399 g/mol. The molecule has 1 heterocycles. The molecule has 1 aromatic rings. The van der Waals surface area contributed by atoms with Gasteiger partial charge in [0.15, 0.2) is 0 Å². The molecule has 1 aliphatic rings. The predicted molar refractivity (Wildman–Crippen MR) is 106 cm³/mol. The van der Waals surface area contributed by atoms with Crippen molar-refractivity contribution >= 4 is 21.4 Å². The van der Waals surface area contributed by atoms with Crippen LogP contribution in [0.3, 0.4) is 0 Å². The first kappa shape index (κ1) is 21.6. The largest absolute Gasteiger partial charge is 0.379 e. The van der Waals surface area contributed by atoms with Crippen molar-refractivity contribution in [3.8, 4) is 0 Å². The van der Waals surface area contributed by atoms with Crippen molar-refractivity contribution in [1.29, 1.82) is 0 Å². The lowest BCUT2D eigenvalue weighted by molar-refractivity contribution is -0.865. The molecule has 0 atom stereocenters. The van der Waals surface area contributed by atoms with Gasteiger partial charge in [0.2, 0.25) is 10.0 Å². The number of hydrogen-bond acceptors (Lipinski definition) is 5. The van der Waals surface area contributed by atoms with Gasteiger partial charge in [-0.05, 0) is 25.0 Å². The molecule has 0 aromatic heterocycles. The Labute approximate surface area is 161 Å². The molecular weight excluding hydrogens is 368 g/mol. The molecule has 152 valence electrons. The summed E-state index contributed by atoms with van der Waals surface area (Å²) in [7, 11) is 0.424. The lowest BCUT2D eigenvalue weighted by Gasteiger charge is -2.27. The number of anilines is 1. The minimum Gasteiger partial charge on any atom is -0.379 e. The van der Waals surface area contributed by atoms with E-state index in [9.17, 15) is 18.5 Å². The van der Waals surface area contributed by atoms with E-state index in [1.54, 1.807) is 0 Å². The number of sulfonamides is 1. The van der Waals surface area contributed by atoms with E-state index in [1.807, 2.05) is 0 Å². The molecule has 9 heteroatoms. The summed E-state index contributed by atoms with van der Waals surface area (Å²) in [6.45, 7) is 6.57. The predicted octanol–water partition coefficient (Wildman–Crippen LogP) is 1.35. The van der Waals surface area contributed by atoms with Gasteiger partial charge in [0.05, 0.1) is 30.5 Å². The van der Waals surface area contributed by atoms with Crippen LogP contribution in [0.15, 0.2) is 23.1 Å². The summed E-state index contributed by atoms with van der Waals surface area (Å²) in [5, 5.41) is 14.7. The number of benzene rings is 1. The molecule has 8 nitrogen and oxygen atoms in total. The molecule has 2 rings (SSSR count). The Kier molecular flexibility index (Phi) is 6.82. The van der Waals surface area contributed by atoms with Gasteiger partial charge in [-0.3, -0.25) is 10.1 Å². The minimum absolute atomic E-state index is 0.0151. The quantitative estimate of drug-likeness (QED) is 0.508. The Balaban J connectivity index is 2.25. The summed E-state index contributed by atoms with van der Waals surface area (Å²) >= 11 is 0. The summed E-state index contributed by atoms with van der Waals surface area (Å²) in [4.78, 5) is 12.3. The fourth-order valence-corrected chi connectivity index (χ4v) is 5.12. The summed E-state index contributed by atoms with van der Waals surface area (Å²) in [5.41, 5.74) is 0.0751. The van der Waals surface area contributed by atoms with Crippen molar-refractivity contribution in [3.63, 3.8) is 0 Å². The second kappa shape index (κ2) is 8.53. The maximum atomic E-state index is 12.8. The molecular formula is C18H31N4O4S+. The van der Waals surface area contributed by atoms with E-state index in [2.05, 4.69) is 33.3 Å². The minimum atomic E-state index is -3.70. The van der Waals surface area contributed by atoms with Gasteiger partial charge >= 0.3 is 0 Å². The van der Waals surface area contributed by atoms with Crippen LogP contribution in [0.2, 0.25) is 0 Å². The van der Waals surface area contributed by atoms with E-state index in [4.69, 9.17) is 0 Å². The number of nitro groups is 1. The Morgan fingerprint density at radius 2 is 1.85 bits per heavy atom. The van der Waals surface area contributed by atoms with Crippen LogP contribution in [0.4, 0.5) is 11.4 Å². The van der Waals surface area contributed by atoms with Crippen LogP contribution in [0.1, 0.15) is 33.1 Å².